The van der Waals surface area contributed by atoms with E-state index in [0.29, 0.717) is 0 Å². The Morgan fingerprint density at radius 2 is 1.29 bits per heavy atom. The van der Waals surface area contributed by atoms with Gasteiger partial charge in [0, 0.05) is 0 Å². The molecular weight excluding hydrogens is 522 g/mol. The Hall–Kier alpha value is -1.40. The van der Waals surface area contributed by atoms with Gasteiger partial charge in [-0.1, -0.05) is 26.0 Å². The van der Waals surface area contributed by atoms with Crippen molar-refractivity contribution in [1.29, 1.82) is 0 Å². The number of hydrazine groups is 1. The first kappa shape index (κ1) is 36.6. The molecule has 0 spiro atoms. The van der Waals surface area contributed by atoms with Crippen molar-refractivity contribution in [2.45, 2.75) is 122 Å². The topological polar surface area (TPSA) is 205 Å². The highest BCUT2D eigenvalue weighted by Gasteiger charge is 2.43. The van der Waals surface area contributed by atoms with Gasteiger partial charge >= 0.3 is 12.1 Å². The molecule has 5 atom stereocenters. The van der Waals surface area contributed by atoms with E-state index in [9.17, 15) is 35.1 Å². The second kappa shape index (κ2) is 13.8. The number of carbonyl (C=O) groups is 2. The van der Waals surface area contributed by atoms with E-state index in [-0.39, 0.29) is 10.0 Å². The zero-order valence-electron chi connectivity index (χ0n) is 24.5. The molecule has 0 aromatic rings. The van der Waals surface area contributed by atoms with Gasteiger partial charge in [-0.15, -0.1) is 0 Å². The Morgan fingerprint density at radius 1 is 0.816 bits per heavy atom. The van der Waals surface area contributed by atoms with Crippen molar-refractivity contribution in [2.24, 2.45) is 5.84 Å². The van der Waals surface area contributed by atoms with Crippen molar-refractivity contribution in [3.63, 3.8) is 0 Å². The summed E-state index contributed by atoms with van der Waals surface area (Å²) in [5.74, 6) is 4.78. The summed E-state index contributed by atoms with van der Waals surface area (Å²) in [5, 5.41) is 52.7. The molecule has 0 aromatic heterocycles. The number of aliphatic hydroxyl groups excluding tert-OH is 5. The average Bonchev–Trinajstić information content (AvgIpc) is 2.71. The van der Waals surface area contributed by atoms with Crippen LogP contribution in [0.5, 0.6) is 0 Å². The number of hydrogen-bond donors (Lipinski definition) is 6. The maximum atomic E-state index is 12.1. The highest BCUT2D eigenvalue weighted by molar-refractivity contribution is 6.74. The van der Waals surface area contributed by atoms with Crippen LogP contribution in [0.2, 0.25) is 18.1 Å². The Labute approximate surface area is 226 Å². The number of amides is 1. The van der Waals surface area contributed by atoms with Crippen molar-refractivity contribution in [2.75, 3.05) is 13.2 Å². The summed E-state index contributed by atoms with van der Waals surface area (Å²) < 4.78 is 16.2. The van der Waals surface area contributed by atoms with Gasteiger partial charge in [-0.25, -0.2) is 20.4 Å². The van der Waals surface area contributed by atoms with Crippen LogP contribution in [-0.2, 0) is 23.6 Å². The van der Waals surface area contributed by atoms with Gasteiger partial charge in [0.25, 0.3) is 0 Å². The van der Waals surface area contributed by atoms with Gasteiger partial charge in [-0.05, 0) is 59.7 Å². The van der Waals surface area contributed by atoms with E-state index in [1.165, 1.54) is 0 Å². The quantitative estimate of drug-likeness (QED) is 0.0468. The molecule has 0 heterocycles. The van der Waals surface area contributed by atoms with Gasteiger partial charge in [-0.3, -0.25) is 4.84 Å². The predicted molar refractivity (Wildman–Crippen MR) is 139 cm³/mol. The molecule has 14 nitrogen and oxygen atoms in total. The highest BCUT2D eigenvalue weighted by Crippen LogP contribution is 2.37. The Balaban J connectivity index is 5.52. The van der Waals surface area contributed by atoms with Crippen LogP contribution in [0.15, 0.2) is 0 Å². The molecule has 0 aliphatic heterocycles. The molecule has 0 aromatic carbocycles. The normalized spacial score (nSPS) is 17.4. The molecule has 1 amide bonds. The number of nitrogens with two attached hydrogens (primary N) is 1. The van der Waals surface area contributed by atoms with E-state index in [4.69, 9.17) is 24.7 Å². The molecule has 3 unspecified atom stereocenters. The van der Waals surface area contributed by atoms with Gasteiger partial charge in [-0.2, -0.15) is 0 Å². The molecule has 226 valence electrons. The van der Waals surface area contributed by atoms with E-state index >= 15 is 0 Å². The van der Waals surface area contributed by atoms with Gasteiger partial charge in [0.05, 0.1) is 12.6 Å². The SMILES string of the molecule is CC(C)(C)OC(=O)CON(CC(O)[C@@H](O)C(O)[C@@H](O)C(O)N(N)C(=O)OC(C)(C)C)O[Si](C)(C)C(C)(C)C. The molecular formula is C23H49N3O11Si. The summed E-state index contributed by atoms with van der Waals surface area (Å²) in [7, 11) is -2.57. The Bertz CT molecular complexity index is 765. The zero-order chi connectivity index (χ0) is 30.4. The number of nitrogens with zero attached hydrogens (tertiary/aromatic N) is 2. The fourth-order valence-corrected chi connectivity index (χ4v) is 3.37. The van der Waals surface area contributed by atoms with Gasteiger partial charge in [0.2, 0.25) is 8.32 Å². The minimum Gasteiger partial charge on any atom is -0.458 e. The molecule has 0 rings (SSSR count). The Kier molecular flexibility index (Phi) is 13.3. The highest BCUT2D eigenvalue weighted by atomic mass is 28.4. The van der Waals surface area contributed by atoms with Crippen LogP contribution in [-0.4, -0.2) is 111 Å². The summed E-state index contributed by atoms with van der Waals surface area (Å²) in [6, 6.07) is 0. The van der Waals surface area contributed by atoms with Crippen molar-refractivity contribution in [1.82, 2.24) is 10.2 Å². The lowest BCUT2D eigenvalue weighted by atomic mass is 10.0. The first-order chi connectivity index (χ1) is 16.8. The fourth-order valence-electron chi connectivity index (χ4n) is 2.46. The molecule has 0 saturated carbocycles. The van der Waals surface area contributed by atoms with Crippen LogP contribution in [0.4, 0.5) is 4.79 Å². The molecule has 0 aliphatic carbocycles. The van der Waals surface area contributed by atoms with Crippen molar-refractivity contribution < 1.29 is 54.0 Å². The second-order valence-corrected chi connectivity index (χ2v) is 17.3. The molecule has 7 N–H and O–H groups in total. The number of ether oxygens (including phenoxy) is 2. The Morgan fingerprint density at radius 3 is 1.71 bits per heavy atom. The van der Waals surface area contributed by atoms with Crippen LogP contribution < -0.4 is 5.84 Å². The third kappa shape index (κ3) is 12.6. The first-order valence-electron chi connectivity index (χ1n) is 12.3. The van der Waals surface area contributed by atoms with Crippen LogP contribution >= 0.6 is 0 Å². The lowest BCUT2D eigenvalue weighted by molar-refractivity contribution is -0.336. The largest absolute Gasteiger partial charge is 0.458 e. The number of rotatable bonds is 12. The van der Waals surface area contributed by atoms with Crippen LogP contribution in [0.1, 0.15) is 62.3 Å². The lowest BCUT2D eigenvalue weighted by Crippen LogP contribution is -2.59. The molecule has 0 fully saturated rings. The maximum absolute atomic E-state index is 12.1. The molecule has 0 bridgehead atoms. The van der Waals surface area contributed by atoms with Crippen molar-refractivity contribution >= 4 is 20.4 Å². The average molecular weight is 572 g/mol. The van der Waals surface area contributed by atoms with Crippen molar-refractivity contribution in [3.05, 3.63) is 0 Å². The lowest BCUT2D eigenvalue weighted by Gasteiger charge is -2.40. The second-order valence-electron chi connectivity index (χ2n) is 12.6. The fraction of sp³-hybridized carbons (Fsp3) is 0.913. The third-order valence-corrected chi connectivity index (χ3v) is 9.78. The molecule has 15 heteroatoms. The minimum absolute atomic E-state index is 0.148. The maximum Gasteiger partial charge on any atom is 0.427 e. The molecule has 38 heavy (non-hydrogen) atoms. The van der Waals surface area contributed by atoms with Gasteiger partial charge in [0.15, 0.2) is 12.8 Å². The van der Waals surface area contributed by atoms with E-state index in [0.717, 1.165) is 5.23 Å². The predicted octanol–water partition coefficient (Wildman–Crippen LogP) is 0.371. The zero-order valence-corrected chi connectivity index (χ0v) is 25.5. The smallest absolute Gasteiger partial charge is 0.427 e. The van der Waals surface area contributed by atoms with Crippen LogP contribution in [0.3, 0.4) is 0 Å². The van der Waals surface area contributed by atoms with E-state index < -0.39 is 75.4 Å². The molecule has 0 radical (unpaired) electrons. The number of aliphatic hydroxyl groups is 5. The third-order valence-electron chi connectivity index (χ3n) is 5.51. The van der Waals surface area contributed by atoms with Gasteiger partial charge < -0.3 is 39.5 Å². The summed E-state index contributed by atoms with van der Waals surface area (Å²) in [5.41, 5.74) is -1.72. The number of hydrogen-bond acceptors (Lipinski definition) is 13. The summed E-state index contributed by atoms with van der Waals surface area (Å²) in [6.07, 6.45) is -11.6. The molecule has 0 saturated heterocycles. The summed E-state index contributed by atoms with van der Waals surface area (Å²) >= 11 is 0. The summed E-state index contributed by atoms with van der Waals surface area (Å²) in [6.45, 7) is 18.2. The van der Waals surface area contributed by atoms with Gasteiger partial charge in [0.1, 0.15) is 29.5 Å². The number of carbonyl (C=O) groups excluding carboxylic acids is 2. The summed E-state index contributed by atoms with van der Waals surface area (Å²) in [4.78, 5) is 29.6. The number of hydroxylamine groups is 2. The first-order valence-corrected chi connectivity index (χ1v) is 15.2. The standard InChI is InChI=1S/C23H49N3O11Si/c1-21(2,3)35-15(28)13-34-25(37-38(10,11)23(7,8)9)12-14(27)16(29)17(30)18(31)19(32)26(24)20(33)36-22(4,5)6/h14,16-19,27,29-32H,12-13,24H2,1-11H3/t14?,16-,17?,18-,19?/m1/s1. The van der Waals surface area contributed by atoms with E-state index in [1.54, 1.807) is 41.5 Å². The number of esters is 1. The van der Waals surface area contributed by atoms with E-state index in [1.807, 2.05) is 33.9 Å². The minimum atomic E-state index is -2.57. The van der Waals surface area contributed by atoms with E-state index in [2.05, 4.69) is 0 Å². The monoisotopic (exact) mass is 571 g/mol. The molecule has 0 aliphatic rings. The van der Waals surface area contributed by atoms with Crippen LogP contribution in [0.25, 0.3) is 0 Å². The van der Waals surface area contributed by atoms with Crippen LogP contribution in [0, 0.1) is 0 Å². The van der Waals surface area contributed by atoms with Crippen molar-refractivity contribution in [3.8, 4) is 0 Å².